The SMILES string of the molecule is CPC1CCC(CCCC(C)C)C(C)C1. The molecule has 0 spiro atoms. The van der Waals surface area contributed by atoms with Crippen LogP contribution >= 0.6 is 8.58 Å². The predicted molar refractivity (Wildman–Crippen MR) is 73.2 cm³/mol. The molecule has 0 aromatic carbocycles. The van der Waals surface area contributed by atoms with Crippen LogP contribution in [-0.4, -0.2) is 12.3 Å². The molecule has 0 heterocycles. The Morgan fingerprint density at radius 1 is 1.27 bits per heavy atom. The number of hydrogen-bond donors (Lipinski definition) is 0. The third-order valence-corrected chi connectivity index (χ3v) is 5.45. The second kappa shape index (κ2) is 6.89. The Morgan fingerprint density at radius 2 is 2.00 bits per heavy atom. The molecule has 1 fully saturated rings. The maximum Gasteiger partial charge on any atom is -0.0236 e. The van der Waals surface area contributed by atoms with Gasteiger partial charge in [0.1, 0.15) is 0 Å². The van der Waals surface area contributed by atoms with Crippen molar-refractivity contribution in [3.8, 4) is 0 Å². The molecule has 1 aliphatic rings. The van der Waals surface area contributed by atoms with Gasteiger partial charge in [-0.3, -0.25) is 0 Å². The summed E-state index contributed by atoms with van der Waals surface area (Å²) in [5.41, 5.74) is 1.07. The Balaban J connectivity index is 2.20. The van der Waals surface area contributed by atoms with E-state index in [2.05, 4.69) is 27.4 Å². The van der Waals surface area contributed by atoms with Gasteiger partial charge in [0.2, 0.25) is 0 Å². The third kappa shape index (κ3) is 4.85. The minimum atomic E-state index is 0.897. The average Bonchev–Trinajstić information content (AvgIpc) is 2.20. The van der Waals surface area contributed by atoms with E-state index in [1.807, 2.05) is 0 Å². The molecular formula is C14H29P. The first-order chi connectivity index (χ1) is 7.13. The van der Waals surface area contributed by atoms with Crippen LogP contribution in [0, 0.1) is 17.8 Å². The third-order valence-electron chi connectivity index (χ3n) is 4.11. The lowest BCUT2D eigenvalue weighted by atomic mass is 9.77. The van der Waals surface area contributed by atoms with E-state index in [-0.39, 0.29) is 0 Å². The summed E-state index contributed by atoms with van der Waals surface area (Å²) in [4.78, 5) is 0. The lowest BCUT2D eigenvalue weighted by molar-refractivity contribution is 0.238. The fourth-order valence-electron chi connectivity index (χ4n) is 2.94. The van der Waals surface area contributed by atoms with Gasteiger partial charge in [-0.2, -0.15) is 0 Å². The van der Waals surface area contributed by atoms with Crippen LogP contribution in [0.15, 0.2) is 0 Å². The summed E-state index contributed by atoms with van der Waals surface area (Å²) in [6.07, 6.45) is 8.95. The molecule has 0 aromatic heterocycles. The fraction of sp³-hybridized carbons (Fsp3) is 1.00. The second-order valence-electron chi connectivity index (χ2n) is 5.86. The van der Waals surface area contributed by atoms with Crippen molar-refractivity contribution in [3.63, 3.8) is 0 Å². The molecule has 0 bridgehead atoms. The standard InChI is InChI=1S/C14H29P/c1-11(2)6-5-7-13-8-9-14(15-4)10-12(13)3/h11-15H,5-10H2,1-4H3. The Hall–Kier alpha value is 0.430. The van der Waals surface area contributed by atoms with Crippen LogP contribution in [0.4, 0.5) is 0 Å². The summed E-state index contributed by atoms with van der Waals surface area (Å²) in [6, 6.07) is 0. The Kier molecular flexibility index (Phi) is 6.20. The zero-order chi connectivity index (χ0) is 11.3. The first-order valence-electron chi connectivity index (χ1n) is 6.80. The normalized spacial score (nSPS) is 33.0. The smallest absolute Gasteiger partial charge is 0.0236 e. The summed E-state index contributed by atoms with van der Waals surface area (Å²) < 4.78 is 0. The molecule has 1 rings (SSSR count). The van der Waals surface area contributed by atoms with Crippen LogP contribution in [0.25, 0.3) is 0 Å². The molecule has 0 radical (unpaired) electrons. The van der Waals surface area contributed by atoms with Crippen LogP contribution in [0.5, 0.6) is 0 Å². The molecule has 0 saturated heterocycles. The van der Waals surface area contributed by atoms with Gasteiger partial charge < -0.3 is 0 Å². The summed E-state index contributed by atoms with van der Waals surface area (Å²) in [6.45, 7) is 9.57. The van der Waals surface area contributed by atoms with Crippen LogP contribution in [0.1, 0.15) is 59.3 Å². The molecule has 90 valence electrons. The molecule has 0 amide bonds. The highest BCUT2D eigenvalue weighted by atomic mass is 31.1. The lowest BCUT2D eigenvalue weighted by Gasteiger charge is -2.34. The van der Waals surface area contributed by atoms with Gasteiger partial charge in [0.25, 0.3) is 0 Å². The quantitative estimate of drug-likeness (QED) is 0.585. The van der Waals surface area contributed by atoms with Crippen LogP contribution < -0.4 is 0 Å². The van der Waals surface area contributed by atoms with E-state index in [9.17, 15) is 0 Å². The van der Waals surface area contributed by atoms with Gasteiger partial charge in [0, 0.05) is 0 Å². The van der Waals surface area contributed by atoms with Gasteiger partial charge in [0.15, 0.2) is 0 Å². The highest BCUT2D eigenvalue weighted by Crippen LogP contribution is 2.39. The van der Waals surface area contributed by atoms with E-state index in [0.717, 1.165) is 23.4 Å². The minimum Gasteiger partial charge on any atom is -0.122 e. The molecule has 0 nitrogen and oxygen atoms in total. The van der Waals surface area contributed by atoms with E-state index < -0.39 is 0 Å². The Labute approximate surface area is 98.4 Å². The molecule has 0 N–H and O–H groups in total. The van der Waals surface area contributed by atoms with Crippen LogP contribution in [-0.2, 0) is 0 Å². The average molecular weight is 228 g/mol. The second-order valence-corrected chi connectivity index (χ2v) is 7.25. The van der Waals surface area contributed by atoms with E-state index in [0.29, 0.717) is 0 Å². The Morgan fingerprint density at radius 3 is 2.53 bits per heavy atom. The molecule has 1 heteroatoms. The van der Waals surface area contributed by atoms with E-state index in [1.165, 1.54) is 47.1 Å². The van der Waals surface area contributed by atoms with Crippen LogP contribution in [0.3, 0.4) is 0 Å². The van der Waals surface area contributed by atoms with Crippen molar-refractivity contribution < 1.29 is 0 Å². The number of hydrogen-bond acceptors (Lipinski definition) is 0. The molecule has 4 atom stereocenters. The van der Waals surface area contributed by atoms with E-state index in [1.54, 1.807) is 0 Å². The molecular weight excluding hydrogens is 199 g/mol. The molecule has 0 aliphatic heterocycles. The topological polar surface area (TPSA) is 0 Å². The van der Waals surface area contributed by atoms with Gasteiger partial charge in [0.05, 0.1) is 0 Å². The van der Waals surface area contributed by atoms with Gasteiger partial charge >= 0.3 is 0 Å². The van der Waals surface area contributed by atoms with Crippen molar-refractivity contribution >= 4 is 8.58 Å². The molecule has 1 aliphatic carbocycles. The summed E-state index contributed by atoms with van der Waals surface area (Å²) >= 11 is 0. The molecule has 15 heavy (non-hydrogen) atoms. The minimum absolute atomic E-state index is 0.897. The molecule has 1 saturated carbocycles. The summed E-state index contributed by atoms with van der Waals surface area (Å²) in [5, 5.41) is 0. The van der Waals surface area contributed by atoms with Crippen molar-refractivity contribution in [2.45, 2.75) is 65.0 Å². The van der Waals surface area contributed by atoms with Crippen molar-refractivity contribution in [2.24, 2.45) is 17.8 Å². The van der Waals surface area contributed by atoms with Crippen molar-refractivity contribution in [1.29, 1.82) is 0 Å². The lowest BCUT2D eigenvalue weighted by Crippen LogP contribution is -2.23. The van der Waals surface area contributed by atoms with Crippen LogP contribution in [0.2, 0.25) is 0 Å². The van der Waals surface area contributed by atoms with Gasteiger partial charge in [-0.15, -0.1) is 8.58 Å². The van der Waals surface area contributed by atoms with Crippen molar-refractivity contribution in [3.05, 3.63) is 0 Å². The summed E-state index contributed by atoms with van der Waals surface area (Å²) in [7, 11) is 1.18. The van der Waals surface area contributed by atoms with Gasteiger partial charge in [-0.05, 0) is 49.3 Å². The summed E-state index contributed by atoms with van der Waals surface area (Å²) in [5.74, 6) is 2.95. The zero-order valence-corrected chi connectivity index (χ0v) is 12.1. The van der Waals surface area contributed by atoms with E-state index in [4.69, 9.17) is 0 Å². The predicted octanol–water partition coefficient (Wildman–Crippen LogP) is 4.93. The monoisotopic (exact) mass is 228 g/mol. The fourth-order valence-corrected chi connectivity index (χ4v) is 4.00. The molecule has 4 unspecified atom stereocenters. The first-order valence-corrected chi connectivity index (χ1v) is 8.38. The number of rotatable bonds is 5. The van der Waals surface area contributed by atoms with Crippen molar-refractivity contribution in [2.75, 3.05) is 6.66 Å². The zero-order valence-electron chi connectivity index (χ0n) is 11.1. The molecule has 0 aromatic rings. The highest BCUT2D eigenvalue weighted by molar-refractivity contribution is 7.37. The first kappa shape index (κ1) is 13.5. The van der Waals surface area contributed by atoms with Gasteiger partial charge in [-0.25, -0.2) is 0 Å². The Bertz CT molecular complexity index is 165. The van der Waals surface area contributed by atoms with E-state index >= 15 is 0 Å². The maximum atomic E-state index is 2.49. The largest absolute Gasteiger partial charge is 0.122 e. The highest BCUT2D eigenvalue weighted by Gasteiger charge is 2.25. The maximum absolute atomic E-state index is 2.49. The van der Waals surface area contributed by atoms with Gasteiger partial charge in [-0.1, -0.05) is 40.0 Å². The van der Waals surface area contributed by atoms with Crippen molar-refractivity contribution in [1.82, 2.24) is 0 Å².